The van der Waals surface area contributed by atoms with E-state index >= 15 is 0 Å². The lowest BCUT2D eigenvalue weighted by molar-refractivity contribution is -0.137. The normalized spacial score (nSPS) is 17.0. The standard InChI is InChI=1S/C19H18N2O3S/c1-24-11-10-21-18(22)16(15-7-4-12-25-15)17(19(21)23)20-9-8-13-5-2-3-6-14(13)20/h2-7,12H,8-11H2,1H3. The molecule has 5 nitrogen and oxygen atoms in total. The van der Waals surface area contributed by atoms with Crippen molar-refractivity contribution in [3.8, 4) is 0 Å². The van der Waals surface area contributed by atoms with Crippen molar-refractivity contribution in [3.05, 3.63) is 57.9 Å². The Morgan fingerprint density at radius 2 is 1.96 bits per heavy atom. The number of ether oxygens (including phenoxy) is 1. The maximum Gasteiger partial charge on any atom is 0.278 e. The number of amides is 2. The highest BCUT2D eigenvalue weighted by Crippen LogP contribution is 2.39. The molecule has 6 heteroatoms. The molecule has 0 saturated carbocycles. The number of para-hydroxylation sites is 1. The van der Waals surface area contributed by atoms with Crippen molar-refractivity contribution >= 4 is 34.4 Å². The lowest BCUT2D eigenvalue weighted by Gasteiger charge is -2.21. The van der Waals surface area contributed by atoms with E-state index in [0.29, 0.717) is 24.4 Å². The van der Waals surface area contributed by atoms with Crippen molar-refractivity contribution in [1.29, 1.82) is 0 Å². The van der Waals surface area contributed by atoms with Crippen LogP contribution in [0.25, 0.3) is 5.57 Å². The lowest BCUT2D eigenvalue weighted by atomic mass is 10.1. The molecule has 0 bridgehead atoms. The average molecular weight is 354 g/mol. The van der Waals surface area contributed by atoms with E-state index in [1.807, 2.05) is 40.6 Å². The van der Waals surface area contributed by atoms with Crippen LogP contribution in [0.5, 0.6) is 0 Å². The second kappa shape index (κ2) is 6.46. The quantitative estimate of drug-likeness (QED) is 0.775. The van der Waals surface area contributed by atoms with Crippen LogP contribution in [0, 0.1) is 0 Å². The monoisotopic (exact) mass is 354 g/mol. The summed E-state index contributed by atoms with van der Waals surface area (Å²) in [6.45, 7) is 1.31. The minimum atomic E-state index is -0.234. The first-order valence-corrected chi connectivity index (χ1v) is 9.09. The molecule has 0 radical (unpaired) electrons. The van der Waals surface area contributed by atoms with Crippen LogP contribution in [-0.4, -0.2) is 43.5 Å². The number of hydrogen-bond donors (Lipinski definition) is 0. The predicted molar refractivity (Wildman–Crippen MR) is 97.3 cm³/mol. The number of rotatable bonds is 5. The molecule has 2 amide bonds. The van der Waals surface area contributed by atoms with Crippen molar-refractivity contribution in [2.45, 2.75) is 6.42 Å². The van der Waals surface area contributed by atoms with Gasteiger partial charge in [0, 0.05) is 24.2 Å². The fourth-order valence-corrected chi connectivity index (χ4v) is 4.18. The summed E-state index contributed by atoms with van der Waals surface area (Å²) in [6.07, 6.45) is 0.872. The summed E-state index contributed by atoms with van der Waals surface area (Å²) in [5, 5.41) is 1.92. The highest BCUT2D eigenvalue weighted by molar-refractivity contribution is 7.11. The number of methoxy groups -OCH3 is 1. The van der Waals surface area contributed by atoms with Gasteiger partial charge in [-0.1, -0.05) is 24.3 Å². The number of benzene rings is 1. The Morgan fingerprint density at radius 3 is 2.72 bits per heavy atom. The molecule has 25 heavy (non-hydrogen) atoms. The summed E-state index contributed by atoms with van der Waals surface area (Å²) in [5.41, 5.74) is 3.22. The fourth-order valence-electron chi connectivity index (χ4n) is 3.41. The Morgan fingerprint density at radius 1 is 1.12 bits per heavy atom. The molecule has 1 aromatic heterocycles. The smallest absolute Gasteiger partial charge is 0.278 e. The Kier molecular flexibility index (Phi) is 4.15. The highest BCUT2D eigenvalue weighted by Gasteiger charge is 2.43. The van der Waals surface area contributed by atoms with Gasteiger partial charge in [-0.2, -0.15) is 0 Å². The van der Waals surface area contributed by atoms with Crippen LogP contribution >= 0.6 is 11.3 Å². The van der Waals surface area contributed by atoms with Crippen LogP contribution in [0.4, 0.5) is 5.69 Å². The molecule has 128 valence electrons. The fraction of sp³-hybridized carbons (Fsp3) is 0.263. The Hall–Kier alpha value is -2.44. The van der Waals surface area contributed by atoms with Crippen LogP contribution in [-0.2, 0) is 20.7 Å². The second-order valence-corrected chi connectivity index (χ2v) is 6.93. The minimum Gasteiger partial charge on any atom is -0.383 e. The Labute approximate surface area is 150 Å². The lowest BCUT2D eigenvalue weighted by Crippen LogP contribution is -2.37. The van der Waals surface area contributed by atoms with Gasteiger partial charge in [-0.25, -0.2) is 0 Å². The van der Waals surface area contributed by atoms with Crippen LogP contribution in [0.1, 0.15) is 10.4 Å². The number of nitrogens with zero attached hydrogens (tertiary/aromatic N) is 2. The third-order valence-electron chi connectivity index (χ3n) is 4.59. The van der Waals surface area contributed by atoms with Crippen molar-refractivity contribution in [1.82, 2.24) is 4.90 Å². The number of anilines is 1. The first kappa shape index (κ1) is 16.1. The van der Waals surface area contributed by atoms with Crippen LogP contribution in [0.15, 0.2) is 47.5 Å². The van der Waals surface area contributed by atoms with Crippen LogP contribution in [0.3, 0.4) is 0 Å². The number of fused-ring (bicyclic) bond motifs is 1. The second-order valence-electron chi connectivity index (χ2n) is 5.99. The summed E-state index contributed by atoms with van der Waals surface area (Å²) in [5.74, 6) is -0.467. The Balaban J connectivity index is 1.81. The van der Waals surface area contributed by atoms with Gasteiger partial charge in [0.05, 0.1) is 18.7 Å². The van der Waals surface area contributed by atoms with Gasteiger partial charge in [0.1, 0.15) is 5.70 Å². The molecule has 0 aliphatic carbocycles. The van der Waals surface area contributed by atoms with E-state index < -0.39 is 0 Å². The van der Waals surface area contributed by atoms with Crippen molar-refractivity contribution < 1.29 is 14.3 Å². The van der Waals surface area contributed by atoms with E-state index in [1.165, 1.54) is 21.8 Å². The van der Waals surface area contributed by atoms with Gasteiger partial charge in [0.15, 0.2) is 0 Å². The van der Waals surface area contributed by atoms with E-state index in [9.17, 15) is 9.59 Å². The summed E-state index contributed by atoms with van der Waals surface area (Å²) in [7, 11) is 1.57. The zero-order valence-electron chi connectivity index (χ0n) is 13.9. The molecule has 0 saturated heterocycles. The van der Waals surface area contributed by atoms with E-state index in [-0.39, 0.29) is 18.4 Å². The van der Waals surface area contributed by atoms with E-state index in [4.69, 9.17) is 4.74 Å². The van der Waals surface area contributed by atoms with Gasteiger partial charge < -0.3 is 9.64 Å². The number of carbonyl (C=O) groups excluding carboxylic acids is 2. The molecule has 2 aliphatic rings. The SMILES string of the molecule is COCCN1C(=O)C(c2cccs2)=C(N2CCc3ccccc32)C1=O. The summed E-state index contributed by atoms with van der Waals surface area (Å²) in [4.78, 5) is 30.2. The van der Waals surface area contributed by atoms with Crippen LogP contribution in [0.2, 0.25) is 0 Å². The molecule has 0 spiro atoms. The first-order valence-electron chi connectivity index (χ1n) is 8.21. The van der Waals surface area contributed by atoms with Gasteiger partial charge in [-0.15, -0.1) is 11.3 Å². The van der Waals surface area contributed by atoms with E-state index in [2.05, 4.69) is 6.07 Å². The number of thiophene rings is 1. The van der Waals surface area contributed by atoms with Crippen molar-refractivity contribution in [3.63, 3.8) is 0 Å². The highest BCUT2D eigenvalue weighted by atomic mass is 32.1. The van der Waals surface area contributed by atoms with Gasteiger partial charge in [0.25, 0.3) is 11.8 Å². The number of imide groups is 1. The molecule has 0 atom stereocenters. The van der Waals surface area contributed by atoms with Gasteiger partial charge in [0.2, 0.25) is 0 Å². The molecule has 3 heterocycles. The van der Waals surface area contributed by atoms with E-state index in [0.717, 1.165) is 17.0 Å². The molecule has 0 fully saturated rings. The zero-order chi connectivity index (χ0) is 17.4. The van der Waals surface area contributed by atoms with E-state index in [1.54, 1.807) is 7.11 Å². The van der Waals surface area contributed by atoms with Gasteiger partial charge >= 0.3 is 0 Å². The topological polar surface area (TPSA) is 49.9 Å². The molecular formula is C19H18N2O3S. The summed E-state index contributed by atoms with van der Waals surface area (Å²) in [6, 6.07) is 11.8. The molecule has 4 rings (SSSR count). The summed E-state index contributed by atoms with van der Waals surface area (Å²) < 4.78 is 5.07. The molecule has 2 aromatic rings. The molecule has 1 aromatic carbocycles. The molecular weight excluding hydrogens is 336 g/mol. The third-order valence-corrected chi connectivity index (χ3v) is 5.47. The molecule has 0 unspecified atom stereocenters. The molecule has 0 N–H and O–H groups in total. The molecule has 2 aliphatic heterocycles. The maximum absolute atomic E-state index is 13.1. The summed E-state index contributed by atoms with van der Waals surface area (Å²) >= 11 is 1.48. The largest absolute Gasteiger partial charge is 0.383 e. The first-order chi connectivity index (χ1) is 12.2. The van der Waals surface area contributed by atoms with Crippen molar-refractivity contribution in [2.24, 2.45) is 0 Å². The predicted octanol–water partition coefficient (Wildman–Crippen LogP) is 2.54. The van der Waals surface area contributed by atoms with Crippen molar-refractivity contribution in [2.75, 3.05) is 31.7 Å². The average Bonchev–Trinajstić information content (AvgIpc) is 3.33. The van der Waals surface area contributed by atoms with Gasteiger partial charge in [-0.3, -0.25) is 14.5 Å². The van der Waals surface area contributed by atoms with Gasteiger partial charge in [-0.05, 0) is 29.5 Å². The Bertz CT molecular complexity index is 857. The maximum atomic E-state index is 13.1. The third kappa shape index (κ3) is 2.58. The van der Waals surface area contributed by atoms with Crippen LogP contribution < -0.4 is 4.90 Å². The number of hydrogen-bond acceptors (Lipinski definition) is 5. The zero-order valence-corrected chi connectivity index (χ0v) is 14.7. The number of carbonyl (C=O) groups is 2. The minimum absolute atomic E-state index is 0.233.